The largest absolute Gasteiger partial charge is 0.494 e. The molecule has 8 rings (SSSR count). The second-order valence-electron chi connectivity index (χ2n) is 17.5. The Bertz CT molecular complexity index is 1910. The minimum Gasteiger partial charge on any atom is -0.494 e. The normalized spacial score (nSPS) is 31.2. The SMILES string of the molecule is C[C@]12CC[C@@H]3c4ccc(OCCCNC(=O)c5ccc(CN6CCN(C[C@H]7OC[C@H](Nc8cncc(C(F)(F)F)n8)[C@@H](O)[C@H]7O)CC6)cc5)cc4CC[C@H]3[C@@H]1CC[C@@H]2O. The van der Waals surface area contributed by atoms with Gasteiger partial charge in [-0.2, -0.15) is 13.2 Å². The molecule has 5 aliphatic rings. The molecule has 2 aromatic carbocycles. The first kappa shape index (κ1) is 41.9. The molecule has 0 radical (unpaired) electrons. The highest BCUT2D eigenvalue weighted by atomic mass is 19.4. The number of nitrogens with one attached hydrogen (secondary N) is 2. The van der Waals surface area contributed by atoms with E-state index in [1.54, 1.807) is 0 Å². The van der Waals surface area contributed by atoms with Crippen molar-refractivity contribution in [2.24, 2.45) is 17.3 Å². The number of aromatic nitrogens is 2. The van der Waals surface area contributed by atoms with Gasteiger partial charge in [-0.25, -0.2) is 4.98 Å². The quantitative estimate of drug-likeness (QED) is 0.163. The van der Waals surface area contributed by atoms with Crippen LogP contribution in [0, 0.1) is 17.3 Å². The summed E-state index contributed by atoms with van der Waals surface area (Å²) in [5, 5.41) is 38.0. The molecule has 4 fully saturated rings. The molecule has 2 aliphatic heterocycles. The third kappa shape index (κ3) is 9.25. The molecule has 320 valence electrons. The van der Waals surface area contributed by atoms with Gasteiger partial charge < -0.3 is 35.4 Å². The number of fused-ring (bicyclic) bond motifs is 5. The van der Waals surface area contributed by atoms with Crippen LogP contribution in [0.3, 0.4) is 0 Å². The molecule has 15 heteroatoms. The Morgan fingerprint density at radius 2 is 1.76 bits per heavy atom. The number of piperazine rings is 1. The van der Waals surface area contributed by atoms with Crippen molar-refractivity contribution in [1.82, 2.24) is 25.1 Å². The van der Waals surface area contributed by atoms with Gasteiger partial charge in [-0.05, 0) is 109 Å². The smallest absolute Gasteiger partial charge is 0.434 e. The summed E-state index contributed by atoms with van der Waals surface area (Å²) in [6, 6.07) is 13.4. The number of carbonyl (C=O) groups is 1. The number of amides is 1. The van der Waals surface area contributed by atoms with E-state index in [-0.39, 0.29) is 29.9 Å². The number of aryl methyl sites for hydroxylation is 1. The number of aliphatic hydroxyl groups excluding tert-OH is 3. The summed E-state index contributed by atoms with van der Waals surface area (Å²) in [5.41, 5.74) is 3.53. The number of ether oxygens (including phenoxy) is 2. The van der Waals surface area contributed by atoms with Crippen molar-refractivity contribution in [2.45, 2.75) is 101 Å². The highest BCUT2D eigenvalue weighted by Crippen LogP contribution is 2.61. The molecule has 9 atom stereocenters. The molecule has 1 amide bonds. The topological polar surface area (TPSA) is 153 Å². The monoisotopic (exact) mass is 822 g/mol. The van der Waals surface area contributed by atoms with Gasteiger partial charge in [0.25, 0.3) is 5.91 Å². The summed E-state index contributed by atoms with van der Waals surface area (Å²) in [7, 11) is 0. The van der Waals surface area contributed by atoms with Crippen LogP contribution in [-0.4, -0.2) is 124 Å². The van der Waals surface area contributed by atoms with Gasteiger partial charge in [-0.3, -0.25) is 19.6 Å². The summed E-state index contributed by atoms with van der Waals surface area (Å²) in [6.07, 6.45) is 1.08. The standard InChI is InChI=1S/C44H57F3N6O6/c1-43-14-13-32-31-10-8-30(21-29(31)7-9-33(32)34(43)11-12-38(43)54)58-20-2-15-49-42(57)28-5-3-27(4-6-28)24-52-16-18-53(19-17-52)25-36-41(56)40(55)35(26-59-36)50-39-23-48-22-37(51-39)44(45,46)47/h3-6,8,10,21-23,32-36,38,40-41,54-56H,2,7,9,11-20,24-26H2,1H3,(H,49,57)(H,50,51)/t32-,33-,34+,35+,36-,38+,40-,41+,43+/m1/s1. The molecular formula is C44H57F3N6O6. The Kier molecular flexibility index (Phi) is 12.5. The lowest BCUT2D eigenvalue weighted by Gasteiger charge is -2.50. The van der Waals surface area contributed by atoms with E-state index in [0.29, 0.717) is 55.6 Å². The van der Waals surface area contributed by atoms with E-state index >= 15 is 0 Å². The minimum atomic E-state index is -4.65. The number of benzene rings is 2. The fourth-order valence-electron chi connectivity index (χ4n) is 10.5. The van der Waals surface area contributed by atoms with Crippen molar-refractivity contribution in [3.05, 3.63) is 82.8 Å². The molecule has 2 saturated carbocycles. The van der Waals surface area contributed by atoms with Gasteiger partial charge in [0.1, 0.15) is 23.8 Å². The van der Waals surface area contributed by atoms with Gasteiger partial charge in [0, 0.05) is 51.4 Å². The molecule has 0 spiro atoms. The molecule has 59 heavy (non-hydrogen) atoms. The van der Waals surface area contributed by atoms with E-state index in [4.69, 9.17) is 9.47 Å². The number of hydrogen-bond acceptors (Lipinski definition) is 11. The lowest BCUT2D eigenvalue weighted by molar-refractivity contribution is -0.148. The highest BCUT2D eigenvalue weighted by Gasteiger charge is 2.54. The van der Waals surface area contributed by atoms with Gasteiger partial charge in [-0.15, -0.1) is 0 Å². The maximum Gasteiger partial charge on any atom is 0.434 e. The molecular weight excluding hydrogens is 766 g/mol. The van der Waals surface area contributed by atoms with Gasteiger partial charge in [0.15, 0.2) is 5.69 Å². The molecule has 5 N–H and O–H groups in total. The zero-order valence-corrected chi connectivity index (χ0v) is 33.6. The van der Waals surface area contributed by atoms with Crippen molar-refractivity contribution in [3.8, 4) is 5.75 Å². The predicted octanol–water partition coefficient (Wildman–Crippen LogP) is 4.63. The lowest BCUT2D eigenvalue weighted by Crippen LogP contribution is -2.59. The average Bonchev–Trinajstić information content (AvgIpc) is 3.54. The zero-order valence-electron chi connectivity index (χ0n) is 33.6. The van der Waals surface area contributed by atoms with Crippen LogP contribution in [-0.2, 0) is 23.9 Å². The summed E-state index contributed by atoms with van der Waals surface area (Å²) in [4.78, 5) is 24.5. The van der Waals surface area contributed by atoms with Gasteiger partial charge >= 0.3 is 6.18 Å². The molecule has 2 saturated heterocycles. The predicted molar refractivity (Wildman–Crippen MR) is 214 cm³/mol. The van der Waals surface area contributed by atoms with E-state index in [0.717, 1.165) is 82.3 Å². The molecule has 1 aromatic heterocycles. The van der Waals surface area contributed by atoms with Gasteiger partial charge in [0.2, 0.25) is 0 Å². The number of alkyl halides is 3. The Labute approximate surface area is 343 Å². The van der Waals surface area contributed by atoms with Crippen molar-refractivity contribution in [3.63, 3.8) is 0 Å². The fraction of sp³-hybridized carbons (Fsp3) is 0.614. The van der Waals surface area contributed by atoms with Crippen LogP contribution in [0.25, 0.3) is 0 Å². The summed E-state index contributed by atoms with van der Waals surface area (Å²) in [6.45, 7) is 7.49. The number of aliphatic hydroxyl groups is 3. The number of nitrogens with zero attached hydrogens (tertiary/aromatic N) is 4. The Morgan fingerprint density at radius 1 is 0.983 bits per heavy atom. The van der Waals surface area contributed by atoms with E-state index in [1.807, 2.05) is 24.3 Å². The fourth-order valence-corrected chi connectivity index (χ4v) is 10.5. The maximum atomic E-state index is 13.0. The van der Waals surface area contributed by atoms with Crippen LogP contribution in [0.2, 0.25) is 0 Å². The van der Waals surface area contributed by atoms with Crippen LogP contribution in [0.5, 0.6) is 5.75 Å². The first-order valence-electron chi connectivity index (χ1n) is 21.2. The van der Waals surface area contributed by atoms with Gasteiger partial charge in [0.05, 0.1) is 43.9 Å². The van der Waals surface area contributed by atoms with Crippen LogP contribution in [0.1, 0.15) is 84.1 Å². The molecule has 0 unspecified atom stereocenters. The molecule has 12 nitrogen and oxygen atoms in total. The van der Waals surface area contributed by atoms with E-state index < -0.39 is 36.2 Å². The summed E-state index contributed by atoms with van der Waals surface area (Å²) >= 11 is 0. The van der Waals surface area contributed by atoms with Crippen molar-refractivity contribution < 1.29 is 42.8 Å². The second kappa shape index (κ2) is 17.6. The molecule has 3 heterocycles. The van der Waals surface area contributed by atoms with Gasteiger partial charge in [-0.1, -0.05) is 25.1 Å². The highest BCUT2D eigenvalue weighted by molar-refractivity contribution is 5.94. The third-order valence-corrected chi connectivity index (χ3v) is 13.9. The minimum absolute atomic E-state index is 0.0197. The van der Waals surface area contributed by atoms with E-state index in [1.165, 1.54) is 17.5 Å². The van der Waals surface area contributed by atoms with Crippen LogP contribution >= 0.6 is 0 Å². The van der Waals surface area contributed by atoms with Crippen LogP contribution in [0.15, 0.2) is 54.9 Å². The first-order valence-corrected chi connectivity index (χ1v) is 21.2. The van der Waals surface area contributed by atoms with Crippen molar-refractivity contribution in [2.75, 3.05) is 57.8 Å². The molecule has 0 bridgehead atoms. The average molecular weight is 823 g/mol. The second-order valence-corrected chi connectivity index (χ2v) is 17.5. The van der Waals surface area contributed by atoms with Crippen molar-refractivity contribution >= 4 is 11.7 Å². The number of rotatable bonds is 12. The lowest BCUT2D eigenvalue weighted by atomic mass is 9.55. The number of carbonyl (C=O) groups excluding carboxylic acids is 1. The molecule has 3 aromatic rings. The number of halogens is 3. The zero-order chi connectivity index (χ0) is 41.3. The molecule has 3 aliphatic carbocycles. The van der Waals surface area contributed by atoms with Crippen molar-refractivity contribution in [1.29, 1.82) is 0 Å². The summed E-state index contributed by atoms with van der Waals surface area (Å²) < 4.78 is 51.1. The third-order valence-electron chi connectivity index (χ3n) is 13.9. The van der Waals surface area contributed by atoms with Crippen LogP contribution in [0.4, 0.5) is 19.0 Å². The van der Waals surface area contributed by atoms with E-state index in [2.05, 4.69) is 55.5 Å². The number of anilines is 1. The number of hydrogen-bond donors (Lipinski definition) is 5. The Morgan fingerprint density at radius 3 is 2.54 bits per heavy atom. The first-order chi connectivity index (χ1) is 28.4. The Hall–Kier alpha value is -3.86. The maximum absolute atomic E-state index is 13.0. The van der Waals surface area contributed by atoms with Crippen LogP contribution < -0.4 is 15.4 Å². The van der Waals surface area contributed by atoms with E-state index in [9.17, 15) is 33.3 Å². The summed E-state index contributed by atoms with van der Waals surface area (Å²) in [5.74, 6) is 2.49. The Balaban J connectivity index is 0.716.